The lowest BCUT2D eigenvalue weighted by Gasteiger charge is -2.10. The lowest BCUT2D eigenvalue weighted by Crippen LogP contribution is -2.22. The molecule has 0 fully saturated rings. The summed E-state index contributed by atoms with van der Waals surface area (Å²) in [6, 6.07) is 10.8. The summed E-state index contributed by atoms with van der Waals surface area (Å²) in [6.07, 6.45) is 0. The molecule has 5 nitrogen and oxygen atoms in total. The van der Waals surface area contributed by atoms with Crippen LogP contribution in [0.3, 0.4) is 0 Å². The Morgan fingerprint density at radius 1 is 1.04 bits per heavy atom. The number of carbonyl (C=O) groups excluding carboxylic acids is 1. The maximum absolute atomic E-state index is 12.1. The van der Waals surface area contributed by atoms with Gasteiger partial charge in [0.05, 0.1) is 14.2 Å². The summed E-state index contributed by atoms with van der Waals surface area (Å²) < 4.78 is 38.7. The number of ether oxygens (including phenoxy) is 3. The number of carbonyl (C=O) groups is 1. The van der Waals surface area contributed by atoms with E-state index < -0.39 is 6.61 Å². The Morgan fingerprint density at radius 2 is 1.71 bits per heavy atom. The molecule has 0 aliphatic rings. The molecule has 7 heteroatoms. The van der Waals surface area contributed by atoms with E-state index in [0.29, 0.717) is 17.1 Å². The van der Waals surface area contributed by atoms with Gasteiger partial charge < -0.3 is 19.5 Å². The Balaban J connectivity index is 1.97. The van der Waals surface area contributed by atoms with E-state index in [1.165, 1.54) is 31.4 Å². The third-order valence-electron chi connectivity index (χ3n) is 3.24. The molecule has 2 aromatic carbocycles. The van der Waals surface area contributed by atoms with Gasteiger partial charge in [-0.3, -0.25) is 4.79 Å². The number of nitrogens with one attached hydrogen (secondary N) is 1. The Bertz CT molecular complexity index is 689. The number of halogens is 2. The number of amides is 1. The van der Waals surface area contributed by atoms with Crippen LogP contribution in [0, 0.1) is 0 Å². The summed E-state index contributed by atoms with van der Waals surface area (Å²) in [6.45, 7) is -2.61. The second-order valence-electron chi connectivity index (χ2n) is 4.77. The average molecular weight is 337 g/mol. The van der Waals surface area contributed by atoms with Gasteiger partial charge in [-0.25, -0.2) is 0 Å². The molecule has 0 radical (unpaired) electrons. The molecule has 2 rings (SSSR count). The molecule has 2 aromatic rings. The number of hydrogen-bond donors (Lipinski definition) is 1. The highest BCUT2D eigenvalue weighted by Crippen LogP contribution is 2.27. The fourth-order valence-electron chi connectivity index (χ4n) is 2.06. The minimum atomic E-state index is -2.89. The summed E-state index contributed by atoms with van der Waals surface area (Å²) >= 11 is 0. The molecule has 0 bridgehead atoms. The molecule has 0 unspecified atom stereocenters. The van der Waals surface area contributed by atoms with Crippen LogP contribution >= 0.6 is 0 Å². The number of alkyl halides is 2. The van der Waals surface area contributed by atoms with Crippen molar-refractivity contribution in [3.05, 3.63) is 53.6 Å². The van der Waals surface area contributed by atoms with Crippen LogP contribution in [0.4, 0.5) is 8.78 Å². The summed E-state index contributed by atoms with van der Waals surface area (Å²) in [7, 11) is 3.07. The third kappa shape index (κ3) is 4.58. The van der Waals surface area contributed by atoms with Gasteiger partial charge in [0.2, 0.25) is 0 Å². The first-order valence-electron chi connectivity index (χ1n) is 7.07. The number of benzene rings is 2. The topological polar surface area (TPSA) is 56.8 Å². The Morgan fingerprint density at radius 3 is 2.29 bits per heavy atom. The zero-order valence-electron chi connectivity index (χ0n) is 13.2. The van der Waals surface area contributed by atoms with E-state index in [2.05, 4.69) is 10.1 Å². The van der Waals surface area contributed by atoms with Crippen LogP contribution in [-0.2, 0) is 6.54 Å². The van der Waals surface area contributed by atoms with Crippen molar-refractivity contribution in [3.8, 4) is 17.2 Å². The van der Waals surface area contributed by atoms with Crippen LogP contribution in [0.1, 0.15) is 15.9 Å². The van der Waals surface area contributed by atoms with Gasteiger partial charge in [-0.2, -0.15) is 8.78 Å². The molecule has 1 amide bonds. The van der Waals surface area contributed by atoms with Crippen molar-refractivity contribution in [2.24, 2.45) is 0 Å². The molecular formula is C17H17F2NO4. The van der Waals surface area contributed by atoms with Crippen LogP contribution < -0.4 is 19.5 Å². The normalized spacial score (nSPS) is 10.4. The van der Waals surface area contributed by atoms with Crippen LogP contribution in [-0.4, -0.2) is 26.7 Å². The van der Waals surface area contributed by atoms with Crippen molar-refractivity contribution in [2.45, 2.75) is 13.2 Å². The third-order valence-corrected chi connectivity index (χ3v) is 3.24. The lowest BCUT2D eigenvalue weighted by atomic mass is 10.1. The van der Waals surface area contributed by atoms with E-state index in [1.807, 2.05) is 0 Å². The fraction of sp³-hybridized carbons (Fsp3) is 0.235. The molecule has 0 aliphatic carbocycles. The van der Waals surface area contributed by atoms with Crippen molar-refractivity contribution in [2.75, 3.05) is 14.2 Å². The van der Waals surface area contributed by atoms with E-state index in [-0.39, 0.29) is 18.2 Å². The predicted octanol–water partition coefficient (Wildman–Crippen LogP) is 3.24. The van der Waals surface area contributed by atoms with Gasteiger partial charge in [0.15, 0.2) is 11.5 Å². The molecule has 24 heavy (non-hydrogen) atoms. The van der Waals surface area contributed by atoms with Gasteiger partial charge >= 0.3 is 6.61 Å². The zero-order chi connectivity index (χ0) is 17.5. The molecule has 0 spiro atoms. The smallest absolute Gasteiger partial charge is 0.387 e. The van der Waals surface area contributed by atoms with E-state index in [4.69, 9.17) is 9.47 Å². The van der Waals surface area contributed by atoms with Crippen LogP contribution in [0.2, 0.25) is 0 Å². The Kier molecular flexibility index (Phi) is 5.95. The van der Waals surface area contributed by atoms with Crippen molar-refractivity contribution >= 4 is 5.91 Å². The van der Waals surface area contributed by atoms with Gasteiger partial charge in [0.1, 0.15) is 5.75 Å². The lowest BCUT2D eigenvalue weighted by molar-refractivity contribution is -0.0498. The summed E-state index contributed by atoms with van der Waals surface area (Å²) in [5.41, 5.74) is 1.18. The summed E-state index contributed by atoms with van der Waals surface area (Å²) in [5, 5.41) is 2.74. The van der Waals surface area contributed by atoms with Gasteiger partial charge in [-0.15, -0.1) is 0 Å². The highest BCUT2D eigenvalue weighted by atomic mass is 19.3. The highest BCUT2D eigenvalue weighted by molar-refractivity contribution is 5.94. The van der Waals surface area contributed by atoms with Gasteiger partial charge in [0, 0.05) is 12.1 Å². The number of methoxy groups -OCH3 is 2. The van der Waals surface area contributed by atoms with Crippen molar-refractivity contribution in [1.29, 1.82) is 0 Å². The van der Waals surface area contributed by atoms with Crippen LogP contribution in [0.25, 0.3) is 0 Å². The Labute approximate surface area is 138 Å². The minimum Gasteiger partial charge on any atom is -0.493 e. The summed E-state index contributed by atoms with van der Waals surface area (Å²) in [4.78, 5) is 12.1. The minimum absolute atomic E-state index is 0.00133. The van der Waals surface area contributed by atoms with Crippen LogP contribution in [0.15, 0.2) is 42.5 Å². The fourth-order valence-corrected chi connectivity index (χ4v) is 2.06. The standard InChI is InChI=1S/C17H17F2NO4/c1-22-14-8-3-11(9-15(14)23-2)10-20-16(21)12-4-6-13(7-5-12)24-17(18)19/h3-9,17H,10H2,1-2H3,(H,20,21). The largest absolute Gasteiger partial charge is 0.493 e. The SMILES string of the molecule is COc1ccc(CNC(=O)c2ccc(OC(F)F)cc2)cc1OC. The highest BCUT2D eigenvalue weighted by Gasteiger charge is 2.09. The molecule has 0 aliphatic heterocycles. The molecule has 0 atom stereocenters. The maximum Gasteiger partial charge on any atom is 0.387 e. The predicted molar refractivity (Wildman–Crippen MR) is 83.8 cm³/mol. The second kappa shape index (κ2) is 8.14. The van der Waals surface area contributed by atoms with E-state index in [1.54, 1.807) is 25.3 Å². The molecule has 0 aromatic heterocycles. The zero-order valence-corrected chi connectivity index (χ0v) is 13.2. The molecule has 0 saturated heterocycles. The molecule has 1 N–H and O–H groups in total. The maximum atomic E-state index is 12.1. The first-order chi connectivity index (χ1) is 11.5. The van der Waals surface area contributed by atoms with Crippen molar-refractivity contribution < 1.29 is 27.8 Å². The monoisotopic (exact) mass is 337 g/mol. The first kappa shape index (κ1) is 17.5. The van der Waals surface area contributed by atoms with E-state index in [9.17, 15) is 13.6 Å². The molecular weight excluding hydrogens is 320 g/mol. The average Bonchev–Trinajstić information content (AvgIpc) is 2.59. The quantitative estimate of drug-likeness (QED) is 0.843. The number of hydrogen-bond acceptors (Lipinski definition) is 4. The Hall–Kier alpha value is -2.83. The van der Waals surface area contributed by atoms with Crippen LogP contribution in [0.5, 0.6) is 17.2 Å². The molecule has 0 heterocycles. The van der Waals surface area contributed by atoms with Crippen molar-refractivity contribution in [3.63, 3.8) is 0 Å². The van der Waals surface area contributed by atoms with E-state index in [0.717, 1.165) is 5.56 Å². The molecule has 0 saturated carbocycles. The van der Waals surface area contributed by atoms with Gasteiger partial charge in [-0.05, 0) is 42.0 Å². The van der Waals surface area contributed by atoms with Gasteiger partial charge in [-0.1, -0.05) is 6.07 Å². The van der Waals surface area contributed by atoms with Gasteiger partial charge in [0.25, 0.3) is 5.91 Å². The van der Waals surface area contributed by atoms with E-state index >= 15 is 0 Å². The number of rotatable bonds is 7. The molecule has 128 valence electrons. The second-order valence-corrected chi connectivity index (χ2v) is 4.77. The summed E-state index contributed by atoms with van der Waals surface area (Å²) in [5.74, 6) is 0.842. The first-order valence-corrected chi connectivity index (χ1v) is 7.07. The van der Waals surface area contributed by atoms with Crippen molar-refractivity contribution in [1.82, 2.24) is 5.32 Å².